The summed E-state index contributed by atoms with van der Waals surface area (Å²) in [5, 5.41) is 9.84. The van der Waals surface area contributed by atoms with E-state index in [1.807, 2.05) is 0 Å². The fraction of sp³-hybridized carbons (Fsp3) is 0.323. The molecule has 4 atom stereocenters. The van der Waals surface area contributed by atoms with E-state index < -0.39 is 41.0 Å². The van der Waals surface area contributed by atoms with E-state index in [1.165, 1.54) is 18.2 Å². The minimum absolute atomic E-state index is 0.0834. The van der Waals surface area contributed by atoms with Crippen LogP contribution in [-0.4, -0.2) is 29.8 Å². The highest BCUT2D eigenvalue weighted by atomic mass is 127. The van der Waals surface area contributed by atoms with Gasteiger partial charge in [-0.2, -0.15) is 0 Å². The third-order valence-electron chi connectivity index (χ3n) is 7.99. The quantitative estimate of drug-likeness (QED) is 0.171. The fourth-order valence-corrected chi connectivity index (χ4v) is 7.38. The fourth-order valence-electron chi connectivity index (χ4n) is 6.35. The molecule has 0 aromatic heterocycles. The molecule has 0 aliphatic carbocycles. The maximum atomic E-state index is 16.3. The smallest absolute Gasteiger partial charge is 0.250 e. The number of nitrogens with two attached hydrogens (primary N) is 1. The van der Waals surface area contributed by atoms with E-state index >= 15 is 4.39 Å². The molecule has 11 heteroatoms. The summed E-state index contributed by atoms with van der Waals surface area (Å²) in [6.07, 6.45) is 0.509. The number of rotatable bonds is 6. The molecule has 1 spiro atoms. The predicted molar refractivity (Wildman–Crippen MR) is 172 cm³/mol. The highest BCUT2D eigenvalue weighted by molar-refractivity contribution is 14.1. The van der Waals surface area contributed by atoms with Crippen molar-refractivity contribution >= 4 is 74.9 Å². The van der Waals surface area contributed by atoms with Crippen LogP contribution in [0.2, 0.25) is 10.0 Å². The number of anilines is 2. The van der Waals surface area contributed by atoms with Gasteiger partial charge in [-0.1, -0.05) is 90.8 Å². The second-order valence-electron chi connectivity index (χ2n) is 12.0. The van der Waals surface area contributed by atoms with Gasteiger partial charge in [0.05, 0.1) is 16.6 Å². The Balaban J connectivity index is 1.70. The van der Waals surface area contributed by atoms with Gasteiger partial charge in [0.25, 0.3) is 0 Å². The Morgan fingerprint density at radius 1 is 1.12 bits per heavy atom. The molecule has 0 saturated carbocycles. The van der Waals surface area contributed by atoms with E-state index in [-0.39, 0.29) is 27.5 Å². The van der Waals surface area contributed by atoms with Crippen molar-refractivity contribution in [3.8, 4) is 0 Å². The van der Waals surface area contributed by atoms with Crippen molar-refractivity contribution < 1.29 is 18.8 Å². The molecule has 5 rings (SSSR count). The van der Waals surface area contributed by atoms with Gasteiger partial charge < -0.3 is 21.7 Å². The summed E-state index contributed by atoms with van der Waals surface area (Å²) in [7, 11) is 0. The van der Waals surface area contributed by atoms with Gasteiger partial charge >= 0.3 is 0 Å². The first-order valence-corrected chi connectivity index (χ1v) is 15.7. The topological polar surface area (TPSA) is 113 Å². The molecule has 0 radical (unpaired) electrons. The molecule has 1 saturated heterocycles. The number of halogens is 4. The average molecular weight is 723 g/mol. The number of primary amides is 1. The summed E-state index contributed by atoms with van der Waals surface area (Å²) in [6.45, 7) is 6.17. The standard InChI is InChI=1S/C31H30Cl2FIN4O3/c1-30(2,3)13-23-31(20-10-7-16(32)11-22(20)38-29(31)42)24(19-6-4-5-15(14-35)25(19)34)26(39-23)28(41)37-17-8-9-18(27(36)40)21(33)12-17/h4-12,23-24,26,39H,13-14H2,1-3H3,(H2,36,40)(H,37,41)(H,38,42)/t23-,24-,26+,31+/m0/s1. The summed E-state index contributed by atoms with van der Waals surface area (Å²) >= 11 is 14.7. The first kappa shape index (κ1) is 30.7. The lowest BCUT2D eigenvalue weighted by molar-refractivity contribution is -0.122. The molecule has 3 amide bonds. The summed E-state index contributed by atoms with van der Waals surface area (Å²) in [5.41, 5.74) is 6.19. The summed E-state index contributed by atoms with van der Waals surface area (Å²) in [4.78, 5) is 40.1. The number of alkyl halides is 1. The Kier molecular flexibility index (Phi) is 8.34. The van der Waals surface area contributed by atoms with Crippen LogP contribution in [0.1, 0.15) is 60.2 Å². The third-order valence-corrected chi connectivity index (χ3v) is 9.36. The Hall–Kier alpha value is -2.73. The van der Waals surface area contributed by atoms with Crippen molar-refractivity contribution in [1.82, 2.24) is 5.32 Å². The number of carbonyl (C=O) groups is 3. The van der Waals surface area contributed by atoms with E-state index in [9.17, 15) is 14.4 Å². The normalized spacial score (nSPS) is 23.1. The van der Waals surface area contributed by atoms with Gasteiger partial charge in [0.2, 0.25) is 17.7 Å². The summed E-state index contributed by atoms with van der Waals surface area (Å²) < 4.78 is 16.7. The molecule has 2 aliphatic rings. The molecule has 42 heavy (non-hydrogen) atoms. The maximum Gasteiger partial charge on any atom is 0.250 e. The predicted octanol–water partition coefficient (Wildman–Crippen LogP) is 6.56. The van der Waals surface area contributed by atoms with Crippen LogP contribution in [0.5, 0.6) is 0 Å². The monoisotopic (exact) mass is 722 g/mol. The van der Waals surface area contributed by atoms with E-state index in [1.54, 1.807) is 36.4 Å². The van der Waals surface area contributed by atoms with Crippen LogP contribution in [0.4, 0.5) is 15.8 Å². The van der Waals surface area contributed by atoms with Crippen LogP contribution in [0, 0.1) is 11.2 Å². The number of hydrogen-bond acceptors (Lipinski definition) is 4. The number of hydrogen-bond donors (Lipinski definition) is 4. The molecule has 5 N–H and O–H groups in total. The molecule has 220 valence electrons. The molecular formula is C31H30Cl2FIN4O3. The number of carbonyl (C=O) groups excluding carboxylic acids is 3. The lowest BCUT2D eigenvalue weighted by Crippen LogP contribution is -2.49. The van der Waals surface area contributed by atoms with Crippen molar-refractivity contribution in [3.63, 3.8) is 0 Å². The second-order valence-corrected chi connectivity index (χ2v) is 13.6. The highest BCUT2D eigenvalue weighted by Crippen LogP contribution is 2.57. The maximum absolute atomic E-state index is 16.3. The van der Waals surface area contributed by atoms with Gasteiger partial charge in [-0.25, -0.2) is 4.39 Å². The van der Waals surface area contributed by atoms with Crippen molar-refractivity contribution in [3.05, 3.63) is 92.7 Å². The molecule has 0 bridgehead atoms. The zero-order chi connectivity index (χ0) is 30.6. The van der Waals surface area contributed by atoms with Crippen molar-refractivity contribution in [2.45, 2.75) is 55.0 Å². The highest BCUT2D eigenvalue weighted by Gasteiger charge is 2.66. The van der Waals surface area contributed by atoms with Gasteiger partial charge in [-0.05, 0) is 58.9 Å². The van der Waals surface area contributed by atoms with E-state index in [0.29, 0.717) is 38.4 Å². The Bertz CT molecular complexity index is 1610. The largest absolute Gasteiger partial charge is 0.366 e. The molecular weight excluding hydrogens is 693 g/mol. The molecule has 3 aromatic rings. The third kappa shape index (κ3) is 5.29. The van der Waals surface area contributed by atoms with Gasteiger partial charge in [-0.3, -0.25) is 14.4 Å². The van der Waals surface area contributed by atoms with Crippen LogP contribution in [0.3, 0.4) is 0 Å². The number of benzene rings is 3. The van der Waals surface area contributed by atoms with Gasteiger partial charge in [0.15, 0.2) is 0 Å². The molecule has 3 aromatic carbocycles. The van der Waals surface area contributed by atoms with Gasteiger partial charge in [-0.15, -0.1) is 0 Å². The zero-order valence-corrected chi connectivity index (χ0v) is 26.8. The molecule has 2 aliphatic heterocycles. The molecule has 1 fully saturated rings. The van der Waals surface area contributed by atoms with E-state index in [2.05, 4.69) is 59.3 Å². The lowest BCUT2D eigenvalue weighted by Gasteiger charge is -2.37. The van der Waals surface area contributed by atoms with Crippen molar-refractivity contribution in [2.75, 3.05) is 10.6 Å². The van der Waals surface area contributed by atoms with Gasteiger partial charge in [0.1, 0.15) is 11.2 Å². The second kappa shape index (κ2) is 11.4. The number of nitrogens with one attached hydrogen (secondary N) is 3. The minimum atomic E-state index is -1.33. The van der Waals surface area contributed by atoms with Gasteiger partial charge in [0, 0.05) is 32.8 Å². The SMILES string of the molecule is CC(C)(C)C[C@@H]1N[C@@H](C(=O)Nc2ccc(C(N)=O)c(Cl)c2)[C@H](c2cccc(CI)c2F)[C@]12C(=O)Nc1cc(Cl)ccc12. The van der Waals surface area contributed by atoms with Crippen molar-refractivity contribution in [1.29, 1.82) is 0 Å². The summed E-state index contributed by atoms with van der Waals surface area (Å²) in [5.74, 6) is -2.87. The first-order valence-electron chi connectivity index (χ1n) is 13.4. The number of fused-ring (bicyclic) bond motifs is 2. The van der Waals surface area contributed by atoms with Crippen LogP contribution in [0.25, 0.3) is 0 Å². The molecule has 7 nitrogen and oxygen atoms in total. The van der Waals surface area contributed by atoms with Crippen LogP contribution in [0.15, 0.2) is 54.6 Å². The zero-order valence-electron chi connectivity index (χ0n) is 23.2. The number of amides is 3. The summed E-state index contributed by atoms with van der Waals surface area (Å²) in [6, 6.07) is 13.1. The minimum Gasteiger partial charge on any atom is -0.366 e. The van der Waals surface area contributed by atoms with Crippen LogP contribution >= 0.6 is 45.8 Å². The van der Waals surface area contributed by atoms with E-state index in [0.717, 1.165) is 0 Å². The van der Waals surface area contributed by atoms with Crippen LogP contribution < -0.4 is 21.7 Å². The lowest BCUT2D eigenvalue weighted by atomic mass is 9.62. The Morgan fingerprint density at radius 3 is 2.50 bits per heavy atom. The first-order chi connectivity index (χ1) is 19.8. The van der Waals surface area contributed by atoms with Crippen molar-refractivity contribution in [2.24, 2.45) is 11.1 Å². The molecule has 2 heterocycles. The average Bonchev–Trinajstić information content (AvgIpc) is 3.37. The Labute approximate surface area is 267 Å². The molecule has 0 unspecified atom stereocenters. The van der Waals surface area contributed by atoms with Crippen LogP contribution in [-0.2, 0) is 19.4 Å². The Morgan fingerprint density at radius 2 is 1.86 bits per heavy atom. The van der Waals surface area contributed by atoms with E-state index in [4.69, 9.17) is 28.9 Å².